The van der Waals surface area contributed by atoms with E-state index in [0.717, 1.165) is 6.07 Å². The van der Waals surface area contributed by atoms with Crippen LogP contribution in [0.4, 0.5) is 0 Å². The first kappa shape index (κ1) is 38.8. The normalized spacial score (nSPS) is 16.4. The number of amides is 1. The number of rotatable bonds is 7. The molecule has 2 aliphatic rings. The average molecular weight is 723 g/mol. The maximum Gasteiger partial charge on any atom is 0.340 e. The van der Waals surface area contributed by atoms with Crippen molar-refractivity contribution in [2.75, 3.05) is 27.2 Å². The molecule has 0 saturated heterocycles. The molecule has 1 spiro atoms. The van der Waals surface area contributed by atoms with E-state index in [4.69, 9.17) is 51.9 Å². The fourth-order valence-electron chi connectivity index (χ4n) is 4.66. The van der Waals surface area contributed by atoms with Gasteiger partial charge in [-0.05, 0) is 38.4 Å². The van der Waals surface area contributed by atoms with E-state index in [1.54, 1.807) is 12.1 Å². The van der Waals surface area contributed by atoms with Crippen LogP contribution in [0.3, 0.4) is 0 Å². The molecule has 2 unspecified atom stereocenters. The molecule has 0 saturated carbocycles. The summed E-state index contributed by atoms with van der Waals surface area (Å²) >= 11 is 12.8. The third-order valence-electron chi connectivity index (χ3n) is 6.39. The zero-order chi connectivity index (χ0) is 32.6. The molecule has 0 aliphatic carbocycles. The fourth-order valence-corrected chi connectivity index (χ4v) is 5.54. The van der Waals surface area contributed by atoms with Crippen molar-refractivity contribution in [1.29, 1.82) is 0 Å². The van der Waals surface area contributed by atoms with Gasteiger partial charge in [0.15, 0.2) is 5.60 Å². The summed E-state index contributed by atoms with van der Waals surface area (Å²) in [6, 6.07) is 9.92. The van der Waals surface area contributed by atoms with E-state index >= 15 is 0 Å². The van der Waals surface area contributed by atoms with E-state index < -0.39 is 33.4 Å². The highest BCUT2D eigenvalue weighted by Crippen LogP contribution is 2.59. The van der Waals surface area contributed by atoms with E-state index in [0.29, 0.717) is 24.2 Å². The van der Waals surface area contributed by atoms with Crippen molar-refractivity contribution in [2.45, 2.75) is 13.0 Å². The predicted molar refractivity (Wildman–Crippen MR) is 160 cm³/mol. The first-order valence-electron chi connectivity index (χ1n) is 12.2. The molecule has 0 aromatic heterocycles. The Morgan fingerprint density at radius 2 is 1.63 bits per heavy atom. The van der Waals surface area contributed by atoms with Gasteiger partial charge in [0.05, 0.1) is 15.6 Å². The van der Waals surface area contributed by atoms with E-state index in [9.17, 15) is 23.9 Å². The lowest BCUT2D eigenvalue weighted by atomic mass is 9.77. The second-order valence-corrected chi connectivity index (χ2v) is 11.9. The summed E-state index contributed by atoms with van der Waals surface area (Å²) in [7, 11) is -4.84. The van der Waals surface area contributed by atoms with Crippen molar-refractivity contribution in [2.24, 2.45) is 0 Å². The average Bonchev–Trinajstić information content (AvgIpc) is 3.21. The molecule has 3 aromatic carbocycles. The number of hydrogen-bond donors (Lipinski definition) is 4. The van der Waals surface area contributed by atoms with Crippen LogP contribution in [0.25, 0.3) is 0 Å². The molecule has 1 amide bonds. The van der Waals surface area contributed by atoms with Gasteiger partial charge in [-0.2, -0.15) is 5.90 Å². The maximum absolute atomic E-state index is 13.3. The van der Waals surface area contributed by atoms with E-state index in [1.807, 2.05) is 19.0 Å². The highest BCUT2D eigenvalue weighted by molar-refractivity contribution is 7.45. The standard InChI is InChI=1S/C25H22Cl2N3O9P.CH4.H3N.HO3P/c1-30(2)6-5-29-23(31)12-3-4-14-13(7-12)24(32)37-25(14)15-8-17(26)21(38-28)10-19(15)36-20-11-22(39-40(33,34)35)18(27)9-16(20)25;;;1-4(2)3/h3-4,7-11H,5-6H2,1-2,28H3,(H2-,29,31,33,34,35);1H4;1H3;(H,1,2,3). The summed E-state index contributed by atoms with van der Waals surface area (Å²) in [5.41, 5.74) is -0.430. The number of esters is 1. The summed E-state index contributed by atoms with van der Waals surface area (Å²) in [5.74, 6) is 2.14. The summed E-state index contributed by atoms with van der Waals surface area (Å²) in [6.45, 7) is 1.03. The minimum absolute atomic E-state index is 0. The van der Waals surface area contributed by atoms with Gasteiger partial charge in [0.2, 0.25) is 5.75 Å². The topological polar surface area (TPSA) is 274 Å². The number of nitrogens with one attached hydrogen (secondary N) is 1. The van der Waals surface area contributed by atoms with Gasteiger partial charge in [-0.15, -0.1) is 0 Å². The number of halogens is 2. The smallest absolute Gasteiger partial charge is 0.340 e. The van der Waals surface area contributed by atoms with Gasteiger partial charge in [-0.1, -0.05) is 41.3 Å². The largest absolute Gasteiger partial charge is 0.746 e. The Bertz CT molecular complexity index is 1720. The first-order valence-corrected chi connectivity index (χ1v) is 15.6. The van der Waals surface area contributed by atoms with Crippen LogP contribution in [0.1, 0.15) is 44.8 Å². The van der Waals surface area contributed by atoms with Crippen molar-refractivity contribution in [3.05, 3.63) is 80.3 Å². The molecule has 2 heterocycles. The molecule has 0 radical (unpaired) electrons. The third-order valence-corrected chi connectivity index (χ3v) is 7.41. The third kappa shape index (κ3) is 7.94. The molecule has 250 valence electrons. The number of hydrogen-bond acceptors (Lipinski definition) is 12. The van der Waals surface area contributed by atoms with Gasteiger partial charge in [-0.3, -0.25) is 9.36 Å². The van der Waals surface area contributed by atoms with Crippen LogP contribution < -0.4 is 46.1 Å². The van der Waals surface area contributed by atoms with Crippen LogP contribution in [-0.2, 0) is 19.5 Å². The van der Waals surface area contributed by atoms with Crippen molar-refractivity contribution in [1.82, 2.24) is 16.4 Å². The molecular weight excluding hydrogens is 693 g/mol. The van der Waals surface area contributed by atoms with Crippen molar-refractivity contribution >= 4 is 51.2 Å². The van der Waals surface area contributed by atoms with Crippen LogP contribution in [0, 0.1) is 0 Å². The molecule has 9 N–H and O–H groups in total. The maximum atomic E-state index is 13.3. The predicted octanol–water partition coefficient (Wildman–Crippen LogP) is 1.60. The van der Waals surface area contributed by atoms with E-state index in [1.165, 1.54) is 24.3 Å². The lowest BCUT2D eigenvalue weighted by Gasteiger charge is -2.37. The van der Waals surface area contributed by atoms with Gasteiger partial charge in [0.1, 0.15) is 17.2 Å². The lowest BCUT2D eigenvalue weighted by Crippen LogP contribution is -2.53. The Morgan fingerprint density at radius 1 is 1.09 bits per heavy atom. The zero-order valence-electron chi connectivity index (χ0n) is 23.7. The number of carbonyl (C=O) groups excluding carboxylic acids is 2. The van der Waals surface area contributed by atoms with Gasteiger partial charge >= 0.3 is 13.8 Å². The molecule has 5 rings (SSSR count). The minimum atomic E-state index is -5.22. The highest BCUT2D eigenvalue weighted by atomic mass is 35.5. The summed E-state index contributed by atoms with van der Waals surface area (Å²) < 4.78 is 36.6. The van der Waals surface area contributed by atoms with Gasteiger partial charge in [0.25, 0.3) is 14.2 Å². The second kappa shape index (κ2) is 15.0. The quantitative estimate of drug-likeness (QED) is 0.153. The summed E-state index contributed by atoms with van der Waals surface area (Å²) in [4.78, 5) is 70.7. The minimum Gasteiger partial charge on any atom is -0.746 e. The molecule has 2 atom stereocenters. The Kier molecular flexibility index (Phi) is 12.7. The molecule has 20 heteroatoms. The van der Waals surface area contributed by atoms with Gasteiger partial charge in [0, 0.05) is 47.5 Å². The molecule has 0 bridgehead atoms. The van der Waals surface area contributed by atoms with Gasteiger partial charge in [-0.25, -0.2) is 4.79 Å². The number of fused-ring (bicyclic) bond motifs is 6. The molecule has 2 aliphatic heterocycles. The van der Waals surface area contributed by atoms with Crippen molar-refractivity contribution in [3.63, 3.8) is 0 Å². The Balaban J connectivity index is 0.00000116. The molecule has 3 aromatic rings. The van der Waals surface area contributed by atoms with Crippen LogP contribution in [0.5, 0.6) is 23.0 Å². The SMILES string of the molecule is C.CN(C)CCNC(=O)c1ccc2c(c1)C(=O)OC21c2cc(Cl)c(O[NH3+])cc2Oc2cc(OP(=O)([O-])O)c(Cl)cc21.O=[P+]([O-])[O-].[NH4+]. The lowest BCUT2D eigenvalue weighted by molar-refractivity contribution is -0.635. The van der Waals surface area contributed by atoms with Crippen molar-refractivity contribution in [3.8, 4) is 23.0 Å². The Morgan fingerprint density at radius 3 is 2.15 bits per heavy atom. The summed E-state index contributed by atoms with van der Waals surface area (Å²) in [6.07, 6.45) is 0. The zero-order valence-corrected chi connectivity index (χ0v) is 27.0. The van der Waals surface area contributed by atoms with Crippen LogP contribution in [0.2, 0.25) is 10.0 Å². The van der Waals surface area contributed by atoms with E-state index in [2.05, 4.69) is 15.7 Å². The number of carbonyl (C=O) groups is 2. The molecule has 0 fully saturated rings. The van der Waals surface area contributed by atoms with Crippen LogP contribution in [-0.4, -0.2) is 48.9 Å². The Hall–Kier alpha value is -3.37. The van der Waals surface area contributed by atoms with Gasteiger partial charge < -0.3 is 54.8 Å². The number of benzene rings is 3. The fraction of sp³-hybridized carbons (Fsp3) is 0.231. The Labute approximate surface area is 273 Å². The monoisotopic (exact) mass is 722 g/mol. The van der Waals surface area contributed by atoms with E-state index in [-0.39, 0.29) is 63.5 Å². The number of nitrogens with zero attached hydrogens (tertiary/aromatic N) is 1. The number of quaternary nitrogens is 2. The van der Waals surface area contributed by atoms with Crippen LogP contribution in [0.15, 0.2) is 42.5 Å². The molecule has 46 heavy (non-hydrogen) atoms. The number of phosphoric ester groups is 1. The molecular formula is C26H30Cl2N4O12P2. The number of likely N-dealkylation sites (N-methyl/N-ethyl adjacent to an activating group) is 1. The number of ether oxygens (including phenoxy) is 2. The van der Waals surface area contributed by atoms with Crippen LogP contribution >= 0.6 is 39.3 Å². The first-order chi connectivity index (χ1) is 20.6. The van der Waals surface area contributed by atoms with Crippen molar-refractivity contribution < 1.29 is 63.0 Å². The molecule has 16 nitrogen and oxygen atoms in total. The summed E-state index contributed by atoms with van der Waals surface area (Å²) in [5, 5.41) is 2.72. The number of phosphoric acid groups is 1. The highest BCUT2D eigenvalue weighted by Gasteiger charge is 2.54. The second-order valence-electron chi connectivity index (χ2n) is 9.48.